The first kappa shape index (κ1) is 11.7. The summed E-state index contributed by atoms with van der Waals surface area (Å²) in [5, 5.41) is 14.0. The normalized spacial score (nSPS) is 10.5. The molecule has 1 heterocycles. The Kier molecular flexibility index (Phi) is 3.19. The van der Waals surface area contributed by atoms with E-state index in [1.165, 1.54) is 6.07 Å². The number of benzene rings is 1. The van der Waals surface area contributed by atoms with Gasteiger partial charge in [-0.05, 0) is 30.3 Å². The highest BCUT2D eigenvalue weighted by Gasteiger charge is 2.14. The number of aromatic hydroxyl groups is 1. The Bertz CT molecular complexity index is 527. The minimum Gasteiger partial charge on any atom is -0.507 e. The van der Waals surface area contributed by atoms with Gasteiger partial charge in [-0.1, -0.05) is 11.6 Å². The molecule has 1 aromatic carbocycles. The van der Waals surface area contributed by atoms with Gasteiger partial charge in [0.2, 0.25) is 0 Å². The number of anilines is 1. The topological polar surface area (TPSA) is 62.4 Å². The maximum absolute atomic E-state index is 9.69. The van der Waals surface area contributed by atoms with Crippen molar-refractivity contribution in [3.05, 3.63) is 23.2 Å². The number of rotatable bonds is 3. The number of halogens is 1. The maximum atomic E-state index is 9.69. The van der Waals surface area contributed by atoms with Crippen molar-refractivity contribution in [2.75, 3.05) is 18.5 Å². The average molecular weight is 254 g/mol. The summed E-state index contributed by atoms with van der Waals surface area (Å²) < 4.78 is 5.09. The number of phenolic OH excluding ortho intramolecular Hbond substituents is 1. The molecule has 0 spiro atoms. The van der Waals surface area contributed by atoms with E-state index in [2.05, 4.69) is 10.1 Å². The monoisotopic (exact) mass is 253 g/mol. The van der Waals surface area contributed by atoms with Gasteiger partial charge in [-0.25, -0.2) is 0 Å². The largest absolute Gasteiger partial charge is 0.507 e. The summed E-state index contributed by atoms with van der Waals surface area (Å²) in [5.41, 5.74) is 0.431. The van der Waals surface area contributed by atoms with Crippen LogP contribution in [-0.2, 0) is 0 Å². The third-order valence-corrected chi connectivity index (χ3v) is 2.66. The lowest BCUT2D eigenvalue weighted by molar-refractivity contribution is 0.424. The van der Waals surface area contributed by atoms with Gasteiger partial charge in [-0.3, -0.25) is 0 Å². The van der Waals surface area contributed by atoms with Gasteiger partial charge in [0.15, 0.2) is 0 Å². The van der Waals surface area contributed by atoms with Crippen molar-refractivity contribution < 1.29 is 9.63 Å². The van der Waals surface area contributed by atoms with Crippen LogP contribution in [0.5, 0.6) is 5.75 Å². The molecule has 0 saturated heterocycles. The van der Waals surface area contributed by atoms with E-state index in [0.29, 0.717) is 16.5 Å². The van der Waals surface area contributed by atoms with E-state index in [9.17, 15) is 5.11 Å². The molecule has 2 aromatic rings. The SMILES string of the molecule is CCN(C)c1noc(-c2cc(Cl)ccc2O)n1. The minimum absolute atomic E-state index is 0.0590. The molecule has 0 unspecified atom stereocenters. The van der Waals surface area contributed by atoms with Crippen molar-refractivity contribution in [3.63, 3.8) is 0 Å². The number of hydrogen-bond donors (Lipinski definition) is 1. The molecule has 0 radical (unpaired) electrons. The van der Waals surface area contributed by atoms with Crippen molar-refractivity contribution in [1.29, 1.82) is 0 Å². The Morgan fingerprint density at radius 1 is 1.47 bits per heavy atom. The Morgan fingerprint density at radius 3 is 2.94 bits per heavy atom. The summed E-state index contributed by atoms with van der Waals surface area (Å²) in [6.07, 6.45) is 0. The number of hydrogen-bond acceptors (Lipinski definition) is 5. The average Bonchev–Trinajstić information content (AvgIpc) is 2.80. The molecule has 0 bridgehead atoms. The van der Waals surface area contributed by atoms with Gasteiger partial charge in [-0.15, -0.1) is 0 Å². The van der Waals surface area contributed by atoms with Crippen LogP contribution in [0, 0.1) is 0 Å². The highest BCUT2D eigenvalue weighted by molar-refractivity contribution is 6.30. The standard InChI is InChI=1S/C11H12ClN3O2/c1-3-15(2)11-13-10(17-14-11)8-6-7(12)4-5-9(8)16/h4-6,16H,3H2,1-2H3. The van der Waals surface area contributed by atoms with E-state index < -0.39 is 0 Å². The molecule has 1 aromatic heterocycles. The lowest BCUT2D eigenvalue weighted by Crippen LogP contribution is -2.16. The van der Waals surface area contributed by atoms with Gasteiger partial charge in [0.1, 0.15) is 5.75 Å². The van der Waals surface area contributed by atoms with Gasteiger partial charge in [-0.2, -0.15) is 4.98 Å². The number of nitrogens with zero attached hydrogens (tertiary/aromatic N) is 3. The van der Waals surface area contributed by atoms with Crippen LogP contribution in [0.4, 0.5) is 5.95 Å². The zero-order chi connectivity index (χ0) is 12.4. The van der Waals surface area contributed by atoms with Crippen molar-refractivity contribution in [3.8, 4) is 17.2 Å². The second-order valence-electron chi connectivity index (χ2n) is 3.58. The first-order valence-electron chi connectivity index (χ1n) is 5.15. The predicted molar refractivity (Wildman–Crippen MR) is 65.4 cm³/mol. The van der Waals surface area contributed by atoms with E-state index in [4.69, 9.17) is 16.1 Å². The first-order valence-corrected chi connectivity index (χ1v) is 5.53. The van der Waals surface area contributed by atoms with Gasteiger partial charge < -0.3 is 14.5 Å². The summed E-state index contributed by atoms with van der Waals surface area (Å²) in [7, 11) is 1.85. The summed E-state index contributed by atoms with van der Waals surface area (Å²) in [4.78, 5) is 6.01. The van der Waals surface area contributed by atoms with E-state index in [1.807, 2.05) is 18.9 Å². The zero-order valence-corrected chi connectivity index (χ0v) is 10.3. The fraction of sp³-hybridized carbons (Fsp3) is 0.273. The van der Waals surface area contributed by atoms with Crippen LogP contribution in [-0.4, -0.2) is 28.8 Å². The second kappa shape index (κ2) is 4.63. The fourth-order valence-electron chi connectivity index (χ4n) is 1.30. The van der Waals surface area contributed by atoms with Crippen LogP contribution >= 0.6 is 11.6 Å². The Labute approximate surface area is 104 Å². The molecule has 90 valence electrons. The molecule has 0 aliphatic carbocycles. The summed E-state index contributed by atoms with van der Waals surface area (Å²) in [5.74, 6) is 0.783. The van der Waals surface area contributed by atoms with Crippen molar-refractivity contribution in [1.82, 2.24) is 10.1 Å². The van der Waals surface area contributed by atoms with Crippen LogP contribution in [0.3, 0.4) is 0 Å². The number of phenols is 1. The molecule has 0 amide bonds. The molecule has 0 atom stereocenters. The molecule has 2 rings (SSSR count). The molecule has 0 aliphatic heterocycles. The second-order valence-corrected chi connectivity index (χ2v) is 4.01. The van der Waals surface area contributed by atoms with Gasteiger partial charge >= 0.3 is 0 Å². The molecule has 0 aliphatic rings. The molecule has 17 heavy (non-hydrogen) atoms. The first-order chi connectivity index (χ1) is 8.11. The number of aromatic nitrogens is 2. The molecule has 5 nitrogen and oxygen atoms in total. The Balaban J connectivity index is 2.40. The maximum Gasteiger partial charge on any atom is 0.266 e. The molecule has 6 heteroatoms. The van der Waals surface area contributed by atoms with Crippen LogP contribution < -0.4 is 4.90 Å². The zero-order valence-electron chi connectivity index (χ0n) is 9.51. The third-order valence-electron chi connectivity index (χ3n) is 2.42. The van der Waals surface area contributed by atoms with Crippen molar-refractivity contribution in [2.45, 2.75) is 6.92 Å². The molecule has 0 saturated carbocycles. The lowest BCUT2D eigenvalue weighted by atomic mass is 10.2. The van der Waals surface area contributed by atoms with Gasteiger partial charge in [0.05, 0.1) is 5.56 Å². The van der Waals surface area contributed by atoms with E-state index in [-0.39, 0.29) is 11.6 Å². The smallest absolute Gasteiger partial charge is 0.266 e. The Morgan fingerprint density at radius 2 is 2.24 bits per heavy atom. The van der Waals surface area contributed by atoms with Gasteiger partial charge in [0.25, 0.3) is 11.8 Å². The molecule has 1 N–H and O–H groups in total. The van der Waals surface area contributed by atoms with E-state index in [1.54, 1.807) is 12.1 Å². The Hall–Kier alpha value is -1.75. The van der Waals surface area contributed by atoms with Gasteiger partial charge in [0, 0.05) is 18.6 Å². The lowest BCUT2D eigenvalue weighted by Gasteiger charge is -2.08. The summed E-state index contributed by atoms with van der Waals surface area (Å²) in [6.45, 7) is 2.74. The highest BCUT2D eigenvalue weighted by Crippen LogP contribution is 2.31. The van der Waals surface area contributed by atoms with E-state index in [0.717, 1.165) is 6.54 Å². The molecular formula is C11H12ClN3O2. The van der Waals surface area contributed by atoms with Crippen molar-refractivity contribution in [2.24, 2.45) is 0 Å². The van der Waals surface area contributed by atoms with Crippen LogP contribution in [0.15, 0.2) is 22.7 Å². The van der Waals surface area contributed by atoms with Crippen LogP contribution in [0.25, 0.3) is 11.5 Å². The molecule has 0 fully saturated rings. The predicted octanol–water partition coefficient (Wildman–Crippen LogP) is 2.55. The molecular weight excluding hydrogens is 242 g/mol. The van der Waals surface area contributed by atoms with Crippen molar-refractivity contribution >= 4 is 17.5 Å². The third kappa shape index (κ3) is 2.34. The quantitative estimate of drug-likeness (QED) is 0.911. The summed E-state index contributed by atoms with van der Waals surface area (Å²) >= 11 is 5.85. The van der Waals surface area contributed by atoms with E-state index >= 15 is 0 Å². The fourth-order valence-corrected chi connectivity index (χ4v) is 1.47. The highest BCUT2D eigenvalue weighted by atomic mass is 35.5. The minimum atomic E-state index is 0.0590. The summed E-state index contributed by atoms with van der Waals surface area (Å²) in [6, 6.07) is 4.67. The van der Waals surface area contributed by atoms with Crippen LogP contribution in [0.2, 0.25) is 5.02 Å². The van der Waals surface area contributed by atoms with Crippen LogP contribution in [0.1, 0.15) is 6.92 Å².